The first kappa shape index (κ1) is 11.7. The molecule has 0 unspecified atom stereocenters. The van der Waals surface area contributed by atoms with E-state index < -0.39 is 0 Å². The van der Waals surface area contributed by atoms with Crippen molar-refractivity contribution < 1.29 is 14.3 Å². The second-order valence-electron chi connectivity index (χ2n) is 4.25. The number of hydrogen-bond acceptors (Lipinski definition) is 4. The Kier molecular flexibility index (Phi) is 3.17. The maximum absolute atomic E-state index is 11.8. The van der Waals surface area contributed by atoms with Crippen LogP contribution in [-0.4, -0.2) is 43.1 Å². The average Bonchev–Trinajstić information content (AvgIpc) is 3.11. The van der Waals surface area contributed by atoms with Gasteiger partial charge in [0.25, 0.3) is 11.8 Å². The number of pyridine rings is 1. The summed E-state index contributed by atoms with van der Waals surface area (Å²) in [4.78, 5) is 17.4. The number of nitrogens with zero attached hydrogens (tertiary/aromatic N) is 2. The van der Waals surface area contributed by atoms with E-state index in [1.165, 1.54) is 18.2 Å². The lowest BCUT2D eigenvalue weighted by Gasteiger charge is -2.13. The van der Waals surface area contributed by atoms with E-state index >= 15 is 0 Å². The summed E-state index contributed by atoms with van der Waals surface area (Å²) in [5, 5.41) is 0. The van der Waals surface area contributed by atoms with Crippen molar-refractivity contribution in [3.05, 3.63) is 17.8 Å². The molecule has 1 aliphatic carbocycles. The third kappa shape index (κ3) is 2.67. The van der Waals surface area contributed by atoms with E-state index in [1.54, 1.807) is 20.2 Å². The minimum atomic E-state index is -0.0965. The molecule has 0 atom stereocenters. The predicted octanol–water partition coefficient (Wildman–Crippen LogP) is 1.33. The second kappa shape index (κ2) is 4.61. The normalized spacial score (nSPS) is 14.3. The standard InChI is InChI=1S/C12H16N2O3/c1-14(2)12(15)8-6-10(17-9-4-5-9)11(16-3)13-7-8/h6-7,9H,4-5H2,1-3H3. The lowest BCUT2D eigenvalue weighted by molar-refractivity contribution is 0.0826. The number of carbonyl (C=O) groups is 1. The molecule has 1 amide bonds. The molecule has 0 aromatic carbocycles. The zero-order valence-electron chi connectivity index (χ0n) is 10.3. The van der Waals surface area contributed by atoms with E-state index in [1.807, 2.05) is 0 Å². The quantitative estimate of drug-likeness (QED) is 0.791. The van der Waals surface area contributed by atoms with Crippen LogP contribution in [0.5, 0.6) is 11.6 Å². The molecule has 1 heterocycles. The molecule has 0 bridgehead atoms. The van der Waals surface area contributed by atoms with Gasteiger partial charge in [0.1, 0.15) is 0 Å². The average molecular weight is 236 g/mol. The Hall–Kier alpha value is -1.78. The SMILES string of the molecule is COc1ncc(C(=O)N(C)C)cc1OC1CC1. The maximum Gasteiger partial charge on any atom is 0.256 e. The van der Waals surface area contributed by atoms with Gasteiger partial charge in [0.15, 0.2) is 5.75 Å². The Labute approximate surface area is 100 Å². The maximum atomic E-state index is 11.8. The van der Waals surface area contributed by atoms with Crippen LogP contribution < -0.4 is 9.47 Å². The first-order valence-electron chi connectivity index (χ1n) is 5.54. The Bertz CT molecular complexity index is 428. The number of aromatic nitrogens is 1. The highest BCUT2D eigenvalue weighted by atomic mass is 16.5. The van der Waals surface area contributed by atoms with Crippen molar-refractivity contribution in [1.82, 2.24) is 9.88 Å². The second-order valence-corrected chi connectivity index (χ2v) is 4.25. The van der Waals surface area contributed by atoms with Crippen LogP contribution in [0.15, 0.2) is 12.3 Å². The molecule has 5 nitrogen and oxygen atoms in total. The third-order valence-electron chi connectivity index (χ3n) is 2.48. The van der Waals surface area contributed by atoms with E-state index in [0.29, 0.717) is 17.2 Å². The van der Waals surface area contributed by atoms with Crippen molar-refractivity contribution in [3.63, 3.8) is 0 Å². The van der Waals surface area contributed by atoms with Gasteiger partial charge in [-0.2, -0.15) is 0 Å². The Morgan fingerprint density at radius 2 is 2.18 bits per heavy atom. The molecule has 1 aliphatic rings. The van der Waals surface area contributed by atoms with Crippen molar-refractivity contribution in [3.8, 4) is 11.6 Å². The number of ether oxygens (including phenoxy) is 2. The van der Waals surface area contributed by atoms with Gasteiger partial charge < -0.3 is 14.4 Å². The molecule has 0 spiro atoms. The molecular formula is C12H16N2O3. The fourth-order valence-corrected chi connectivity index (χ4v) is 1.41. The minimum Gasteiger partial charge on any atom is -0.485 e. The molecule has 1 aromatic heterocycles. The van der Waals surface area contributed by atoms with Crippen molar-refractivity contribution in [2.24, 2.45) is 0 Å². The van der Waals surface area contributed by atoms with Crippen LogP contribution in [0.25, 0.3) is 0 Å². The molecule has 2 rings (SSSR count). The Morgan fingerprint density at radius 1 is 1.47 bits per heavy atom. The van der Waals surface area contributed by atoms with Crippen LogP contribution in [0.4, 0.5) is 0 Å². The van der Waals surface area contributed by atoms with Gasteiger partial charge >= 0.3 is 0 Å². The summed E-state index contributed by atoms with van der Waals surface area (Å²) in [7, 11) is 4.94. The van der Waals surface area contributed by atoms with Crippen molar-refractivity contribution in [2.45, 2.75) is 18.9 Å². The van der Waals surface area contributed by atoms with E-state index in [9.17, 15) is 4.79 Å². The first-order chi connectivity index (χ1) is 8.11. The van der Waals surface area contributed by atoms with Crippen LogP contribution in [0.3, 0.4) is 0 Å². The summed E-state index contributed by atoms with van der Waals surface area (Å²) < 4.78 is 10.8. The number of amides is 1. The lowest BCUT2D eigenvalue weighted by Crippen LogP contribution is -2.22. The van der Waals surface area contributed by atoms with Crippen LogP contribution >= 0.6 is 0 Å². The van der Waals surface area contributed by atoms with Gasteiger partial charge in [-0.1, -0.05) is 0 Å². The molecule has 1 fully saturated rings. The van der Waals surface area contributed by atoms with Crippen molar-refractivity contribution in [1.29, 1.82) is 0 Å². The summed E-state index contributed by atoms with van der Waals surface area (Å²) in [5.41, 5.74) is 0.506. The van der Waals surface area contributed by atoms with E-state index in [-0.39, 0.29) is 12.0 Å². The zero-order valence-corrected chi connectivity index (χ0v) is 10.3. The highest BCUT2D eigenvalue weighted by Crippen LogP contribution is 2.32. The molecule has 0 radical (unpaired) electrons. The van der Waals surface area contributed by atoms with Gasteiger partial charge in [-0.05, 0) is 12.8 Å². The van der Waals surface area contributed by atoms with Crippen molar-refractivity contribution in [2.75, 3.05) is 21.2 Å². The largest absolute Gasteiger partial charge is 0.485 e. The molecule has 1 aromatic rings. The van der Waals surface area contributed by atoms with E-state index in [4.69, 9.17) is 9.47 Å². The summed E-state index contributed by atoms with van der Waals surface area (Å²) in [5.74, 6) is 0.871. The topological polar surface area (TPSA) is 51.7 Å². The van der Waals surface area contributed by atoms with E-state index in [2.05, 4.69) is 4.98 Å². The van der Waals surface area contributed by atoms with Crippen LogP contribution in [-0.2, 0) is 0 Å². The Balaban J connectivity index is 2.26. The summed E-state index contributed by atoms with van der Waals surface area (Å²) >= 11 is 0. The number of rotatable bonds is 4. The van der Waals surface area contributed by atoms with Crippen LogP contribution in [0.2, 0.25) is 0 Å². The fourth-order valence-electron chi connectivity index (χ4n) is 1.41. The van der Waals surface area contributed by atoms with Crippen LogP contribution in [0.1, 0.15) is 23.2 Å². The highest BCUT2D eigenvalue weighted by molar-refractivity contribution is 5.94. The van der Waals surface area contributed by atoms with Crippen LogP contribution in [0, 0.1) is 0 Å². The highest BCUT2D eigenvalue weighted by Gasteiger charge is 2.26. The fraction of sp³-hybridized carbons (Fsp3) is 0.500. The minimum absolute atomic E-state index is 0.0965. The van der Waals surface area contributed by atoms with Gasteiger partial charge in [-0.3, -0.25) is 4.79 Å². The molecule has 0 N–H and O–H groups in total. The molecule has 0 saturated heterocycles. The zero-order chi connectivity index (χ0) is 12.4. The predicted molar refractivity (Wildman–Crippen MR) is 62.5 cm³/mol. The molecule has 17 heavy (non-hydrogen) atoms. The smallest absolute Gasteiger partial charge is 0.256 e. The number of hydrogen-bond donors (Lipinski definition) is 0. The lowest BCUT2D eigenvalue weighted by atomic mass is 10.2. The van der Waals surface area contributed by atoms with Gasteiger partial charge in [0.2, 0.25) is 0 Å². The first-order valence-corrected chi connectivity index (χ1v) is 5.54. The van der Waals surface area contributed by atoms with E-state index in [0.717, 1.165) is 12.8 Å². The monoisotopic (exact) mass is 236 g/mol. The van der Waals surface area contributed by atoms with Gasteiger partial charge in [-0.15, -0.1) is 0 Å². The van der Waals surface area contributed by atoms with Gasteiger partial charge in [-0.25, -0.2) is 4.98 Å². The summed E-state index contributed by atoms with van der Waals surface area (Å²) in [6, 6.07) is 1.69. The van der Waals surface area contributed by atoms with Gasteiger partial charge in [0, 0.05) is 26.4 Å². The molecule has 92 valence electrons. The third-order valence-corrected chi connectivity index (χ3v) is 2.48. The number of methoxy groups -OCH3 is 1. The number of carbonyl (C=O) groups excluding carboxylic acids is 1. The van der Waals surface area contributed by atoms with Crippen molar-refractivity contribution >= 4 is 5.91 Å². The van der Waals surface area contributed by atoms with Gasteiger partial charge in [0.05, 0.1) is 18.8 Å². The Morgan fingerprint density at radius 3 is 2.71 bits per heavy atom. The molecular weight excluding hydrogens is 220 g/mol. The molecule has 0 aliphatic heterocycles. The molecule has 1 saturated carbocycles. The summed E-state index contributed by atoms with van der Waals surface area (Å²) in [6.45, 7) is 0. The summed E-state index contributed by atoms with van der Waals surface area (Å²) in [6.07, 6.45) is 3.85. The molecule has 5 heteroatoms.